The molecule has 1 aromatic heterocycles. The van der Waals surface area contributed by atoms with E-state index in [1.54, 1.807) is 17.0 Å². The van der Waals surface area contributed by atoms with Crippen molar-refractivity contribution in [2.45, 2.75) is 38.6 Å². The van der Waals surface area contributed by atoms with Crippen LogP contribution in [0.3, 0.4) is 0 Å². The number of carboxylic acids is 1. The minimum Gasteiger partial charge on any atom is -0.481 e. The van der Waals surface area contributed by atoms with Crippen LogP contribution in [0.1, 0.15) is 36.0 Å². The number of hydrogen-bond donors (Lipinski definition) is 1. The quantitative estimate of drug-likeness (QED) is 0.870. The molecule has 0 spiro atoms. The van der Waals surface area contributed by atoms with Gasteiger partial charge in [0.15, 0.2) is 0 Å². The summed E-state index contributed by atoms with van der Waals surface area (Å²) >= 11 is 1.47. The highest BCUT2D eigenvalue weighted by atomic mass is 32.1. The van der Waals surface area contributed by atoms with E-state index < -0.39 is 11.9 Å². The Bertz CT molecular complexity index is 790. The van der Waals surface area contributed by atoms with E-state index in [1.165, 1.54) is 23.5 Å². The number of likely N-dealkylation sites (tertiary alicyclic amines) is 1. The number of rotatable bonds is 5. The fourth-order valence-electron chi connectivity index (χ4n) is 3.20. The summed E-state index contributed by atoms with van der Waals surface area (Å²) in [7, 11) is 0. The summed E-state index contributed by atoms with van der Waals surface area (Å²) in [6.45, 7) is 2.22. The van der Waals surface area contributed by atoms with Crippen LogP contribution in [-0.2, 0) is 22.4 Å². The lowest BCUT2D eigenvalue weighted by Gasteiger charge is -2.36. The third-order valence-electron chi connectivity index (χ3n) is 4.75. The molecule has 1 amide bonds. The molecule has 1 aliphatic rings. The molecule has 7 heteroatoms. The van der Waals surface area contributed by atoms with E-state index in [4.69, 9.17) is 0 Å². The van der Waals surface area contributed by atoms with Gasteiger partial charge in [0.2, 0.25) is 5.91 Å². The lowest BCUT2D eigenvalue weighted by molar-refractivity contribution is -0.147. The minimum atomic E-state index is -0.843. The number of benzene rings is 1. The molecule has 2 atom stereocenters. The molecule has 0 bridgehead atoms. The van der Waals surface area contributed by atoms with Crippen molar-refractivity contribution in [3.8, 4) is 0 Å². The van der Waals surface area contributed by atoms with Crippen LogP contribution in [0.15, 0.2) is 29.6 Å². The van der Waals surface area contributed by atoms with Gasteiger partial charge in [-0.25, -0.2) is 9.37 Å². The number of carbonyl (C=O) groups excluding carboxylic acids is 1. The molecule has 1 aromatic carbocycles. The van der Waals surface area contributed by atoms with Gasteiger partial charge in [-0.2, -0.15) is 0 Å². The largest absolute Gasteiger partial charge is 0.481 e. The van der Waals surface area contributed by atoms with Crippen LogP contribution in [0.5, 0.6) is 0 Å². The fraction of sp³-hybridized carbons (Fsp3) is 0.421. The molecule has 1 aliphatic heterocycles. The zero-order valence-corrected chi connectivity index (χ0v) is 15.3. The third kappa shape index (κ3) is 4.46. The predicted molar refractivity (Wildman–Crippen MR) is 96.6 cm³/mol. The Morgan fingerprint density at radius 3 is 2.73 bits per heavy atom. The van der Waals surface area contributed by atoms with Crippen LogP contribution in [0.25, 0.3) is 0 Å². The van der Waals surface area contributed by atoms with E-state index in [0.717, 1.165) is 10.6 Å². The Morgan fingerprint density at radius 1 is 1.31 bits per heavy atom. The Balaban J connectivity index is 1.61. The number of hydrogen-bond acceptors (Lipinski definition) is 4. The first kappa shape index (κ1) is 18.5. The molecule has 2 unspecified atom stereocenters. The van der Waals surface area contributed by atoms with Crippen LogP contribution in [0.2, 0.25) is 0 Å². The summed E-state index contributed by atoms with van der Waals surface area (Å²) in [5.74, 6) is -1.68. The van der Waals surface area contributed by atoms with Gasteiger partial charge in [-0.1, -0.05) is 12.1 Å². The molecule has 3 rings (SSSR count). The molecule has 2 heterocycles. The number of thiazole rings is 1. The van der Waals surface area contributed by atoms with Crippen molar-refractivity contribution in [2.24, 2.45) is 5.92 Å². The highest BCUT2D eigenvalue weighted by Crippen LogP contribution is 2.23. The molecule has 5 nitrogen and oxygen atoms in total. The number of aliphatic carboxylic acids is 1. The second kappa shape index (κ2) is 7.95. The van der Waals surface area contributed by atoms with Gasteiger partial charge in [0.05, 0.1) is 23.0 Å². The highest BCUT2D eigenvalue weighted by Gasteiger charge is 2.32. The van der Waals surface area contributed by atoms with Crippen molar-refractivity contribution in [2.75, 3.05) is 6.54 Å². The first-order chi connectivity index (χ1) is 12.4. The summed E-state index contributed by atoms with van der Waals surface area (Å²) < 4.78 is 13.0. The number of carboxylic acid groups (broad SMARTS) is 1. The van der Waals surface area contributed by atoms with Gasteiger partial charge in [-0.15, -0.1) is 11.3 Å². The number of amides is 1. The predicted octanol–water partition coefficient (Wildman–Crippen LogP) is 3.13. The fourth-order valence-corrected chi connectivity index (χ4v) is 4.03. The minimum absolute atomic E-state index is 0.0513. The molecule has 1 N–H and O–H groups in total. The lowest BCUT2D eigenvalue weighted by atomic mass is 9.93. The van der Waals surface area contributed by atoms with Crippen molar-refractivity contribution < 1.29 is 19.1 Å². The van der Waals surface area contributed by atoms with Gasteiger partial charge < -0.3 is 10.0 Å². The summed E-state index contributed by atoms with van der Waals surface area (Å²) in [5, 5.41) is 11.9. The van der Waals surface area contributed by atoms with Crippen molar-refractivity contribution in [1.29, 1.82) is 0 Å². The Hall–Kier alpha value is -2.28. The number of aromatic nitrogens is 1. The van der Waals surface area contributed by atoms with Gasteiger partial charge >= 0.3 is 5.97 Å². The summed E-state index contributed by atoms with van der Waals surface area (Å²) in [4.78, 5) is 30.0. The molecular weight excluding hydrogens is 355 g/mol. The van der Waals surface area contributed by atoms with Crippen molar-refractivity contribution in [1.82, 2.24) is 9.88 Å². The van der Waals surface area contributed by atoms with E-state index >= 15 is 0 Å². The van der Waals surface area contributed by atoms with Gasteiger partial charge in [-0.3, -0.25) is 9.59 Å². The highest BCUT2D eigenvalue weighted by molar-refractivity contribution is 7.09. The maximum atomic E-state index is 13.0. The summed E-state index contributed by atoms with van der Waals surface area (Å²) in [6, 6.07) is 6.34. The average Bonchev–Trinajstić information content (AvgIpc) is 3.04. The topological polar surface area (TPSA) is 70.5 Å². The molecular formula is C19H21FN2O3S. The maximum absolute atomic E-state index is 13.0. The first-order valence-electron chi connectivity index (χ1n) is 8.62. The van der Waals surface area contributed by atoms with E-state index in [1.807, 2.05) is 12.3 Å². The number of piperidine rings is 1. The van der Waals surface area contributed by atoms with Crippen molar-refractivity contribution >= 4 is 23.2 Å². The normalized spacial score (nSPS) is 20.2. The monoisotopic (exact) mass is 376 g/mol. The van der Waals surface area contributed by atoms with Crippen LogP contribution >= 0.6 is 11.3 Å². The average molecular weight is 376 g/mol. The zero-order chi connectivity index (χ0) is 18.7. The summed E-state index contributed by atoms with van der Waals surface area (Å²) in [5.41, 5.74) is 1.66. The van der Waals surface area contributed by atoms with Gasteiger partial charge in [-0.05, 0) is 37.5 Å². The van der Waals surface area contributed by atoms with Crippen molar-refractivity contribution in [3.63, 3.8) is 0 Å². The van der Waals surface area contributed by atoms with E-state index in [9.17, 15) is 19.1 Å². The molecule has 2 aromatic rings. The van der Waals surface area contributed by atoms with Crippen LogP contribution < -0.4 is 0 Å². The second-order valence-electron chi connectivity index (χ2n) is 6.72. The second-order valence-corrected chi connectivity index (χ2v) is 7.66. The van der Waals surface area contributed by atoms with Gasteiger partial charge in [0, 0.05) is 24.4 Å². The Morgan fingerprint density at radius 2 is 2.04 bits per heavy atom. The van der Waals surface area contributed by atoms with E-state index in [-0.39, 0.29) is 30.7 Å². The Labute approximate surface area is 155 Å². The summed E-state index contributed by atoms with van der Waals surface area (Å²) in [6.07, 6.45) is 2.09. The molecule has 1 saturated heterocycles. The molecule has 138 valence electrons. The van der Waals surface area contributed by atoms with Gasteiger partial charge in [0.1, 0.15) is 5.82 Å². The first-order valence-corrected chi connectivity index (χ1v) is 9.50. The van der Waals surface area contributed by atoms with Crippen LogP contribution in [0, 0.1) is 11.7 Å². The zero-order valence-electron chi connectivity index (χ0n) is 14.5. The SMILES string of the molecule is CC1CCC(C(=O)O)CN1C(=O)Cc1csc(Cc2ccc(F)cc2)n1. The number of carbonyl (C=O) groups is 2. The number of halogens is 1. The molecule has 26 heavy (non-hydrogen) atoms. The Kier molecular flexibility index (Phi) is 5.66. The molecule has 0 saturated carbocycles. The molecule has 1 fully saturated rings. The standard InChI is InChI=1S/C19H21FN2O3S/c1-12-2-5-14(19(24)25)10-22(12)18(23)9-16-11-26-17(21-16)8-13-3-6-15(20)7-4-13/h3-4,6-7,11-12,14H,2,5,8-10H2,1H3,(H,24,25). The van der Waals surface area contributed by atoms with Crippen LogP contribution in [-0.4, -0.2) is 39.5 Å². The van der Waals surface area contributed by atoms with Crippen LogP contribution in [0.4, 0.5) is 4.39 Å². The van der Waals surface area contributed by atoms with Gasteiger partial charge in [0.25, 0.3) is 0 Å². The van der Waals surface area contributed by atoms with E-state index in [2.05, 4.69) is 4.98 Å². The van der Waals surface area contributed by atoms with Crippen molar-refractivity contribution in [3.05, 3.63) is 51.7 Å². The number of nitrogens with zero attached hydrogens (tertiary/aromatic N) is 2. The molecule has 0 aliphatic carbocycles. The smallest absolute Gasteiger partial charge is 0.308 e. The third-order valence-corrected chi connectivity index (χ3v) is 5.65. The van der Waals surface area contributed by atoms with E-state index in [0.29, 0.717) is 25.0 Å². The lowest BCUT2D eigenvalue weighted by Crippen LogP contribution is -2.47. The maximum Gasteiger partial charge on any atom is 0.308 e. The molecule has 0 radical (unpaired) electrons.